The highest BCUT2D eigenvalue weighted by Crippen LogP contribution is 2.15. The summed E-state index contributed by atoms with van der Waals surface area (Å²) in [6.07, 6.45) is 2.35. The Labute approximate surface area is 155 Å². The van der Waals surface area contributed by atoms with Crippen LogP contribution >= 0.6 is 11.6 Å². The van der Waals surface area contributed by atoms with Crippen LogP contribution in [0.1, 0.15) is 18.4 Å². The molecule has 0 unspecified atom stereocenters. The number of benzene rings is 1. The van der Waals surface area contributed by atoms with Crippen molar-refractivity contribution in [1.82, 2.24) is 15.1 Å². The zero-order valence-electron chi connectivity index (χ0n) is 14.0. The summed E-state index contributed by atoms with van der Waals surface area (Å²) in [7, 11) is 0. The number of carbonyl (C=O) groups excluding carboxylic acids is 1. The van der Waals surface area contributed by atoms with Gasteiger partial charge in [-0.2, -0.15) is 5.10 Å². The Hall–Kier alpha value is -2.86. The van der Waals surface area contributed by atoms with Crippen molar-refractivity contribution in [2.24, 2.45) is 0 Å². The van der Waals surface area contributed by atoms with Gasteiger partial charge in [-0.15, -0.1) is 0 Å². The molecule has 1 N–H and O–H groups in total. The molecule has 134 valence electrons. The molecular weight excluding hydrogens is 354 g/mol. The lowest BCUT2D eigenvalue weighted by Gasteiger charge is -2.08. The molecule has 0 aliphatic rings. The van der Waals surface area contributed by atoms with Crippen molar-refractivity contribution in [3.05, 3.63) is 75.7 Å². The average molecular weight is 372 g/mol. The largest absolute Gasteiger partial charge is 0.463 e. The van der Waals surface area contributed by atoms with Gasteiger partial charge in [0.15, 0.2) is 5.76 Å². The first kappa shape index (κ1) is 17.9. The number of amides is 1. The van der Waals surface area contributed by atoms with Crippen molar-refractivity contribution in [1.29, 1.82) is 0 Å². The Morgan fingerprint density at radius 2 is 2.00 bits per heavy atom. The highest BCUT2D eigenvalue weighted by molar-refractivity contribution is 6.31. The number of rotatable bonds is 7. The van der Waals surface area contributed by atoms with Crippen LogP contribution in [-0.2, 0) is 17.9 Å². The van der Waals surface area contributed by atoms with E-state index in [0.29, 0.717) is 42.4 Å². The second-order valence-electron chi connectivity index (χ2n) is 5.73. The number of furan rings is 1. The number of nitrogens with one attached hydrogen (secondary N) is 1. The molecule has 0 spiro atoms. The quantitative estimate of drug-likeness (QED) is 0.691. The molecule has 0 radical (unpaired) electrons. The summed E-state index contributed by atoms with van der Waals surface area (Å²) in [6, 6.07) is 14.0. The van der Waals surface area contributed by atoms with Crippen molar-refractivity contribution in [2.75, 3.05) is 0 Å². The molecule has 0 saturated carbocycles. The fraction of sp³-hybridized carbons (Fsp3) is 0.211. The van der Waals surface area contributed by atoms with Crippen LogP contribution in [0.2, 0.25) is 5.02 Å². The van der Waals surface area contributed by atoms with Gasteiger partial charge in [0, 0.05) is 30.6 Å². The molecular formula is C19H18ClN3O3. The van der Waals surface area contributed by atoms with Gasteiger partial charge in [-0.05, 0) is 36.2 Å². The molecule has 0 saturated heterocycles. The van der Waals surface area contributed by atoms with Crippen molar-refractivity contribution in [3.63, 3.8) is 0 Å². The predicted octanol–water partition coefficient (Wildman–Crippen LogP) is 3.25. The molecule has 0 aliphatic heterocycles. The first-order valence-electron chi connectivity index (χ1n) is 8.25. The van der Waals surface area contributed by atoms with Gasteiger partial charge in [0.2, 0.25) is 5.91 Å². The molecule has 26 heavy (non-hydrogen) atoms. The van der Waals surface area contributed by atoms with Gasteiger partial charge < -0.3 is 9.73 Å². The monoisotopic (exact) mass is 371 g/mol. The molecule has 2 heterocycles. The van der Waals surface area contributed by atoms with E-state index >= 15 is 0 Å². The van der Waals surface area contributed by atoms with Crippen LogP contribution in [0.15, 0.2) is 64.0 Å². The van der Waals surface area contributed by atoms with E-state index in [-0.39, 0.29) is 11.5 Å². The number of hydrogen-bond acceptors (Lipinski definition) is 4. The smallest absolute Gasteiger partial charge is 0.266 e. The Morgan fingerprint density at radius 1 is 1.15 bits per heavy atom. The maximum Gasteiger partial charge on any atom is 0.266 e. The lowest BCUT2D eigenvalue weighted by Crippen LogP contribution is -2.25. The number of carbonyl (C=O) groups is 1. The minimum Gasteiger partial charge on any atom is -0.463 e. The molecule has 1 amide bonds. The van der Waals surface area contributed by atoms with Crippen LogP contribution in [0.4, 0.5) is 0 Å². The summed E-state index contributed by atoms with van der Waals surface area (Å²) in [5.41, 5.74) is 1.24. The fourth-order valence-corrected chi connectivity index (χ4v) is 2.68. The normalized spacial score (nSPS) is 10.7. The second kappa shape index (κ2) is 8.49. The van der Waals surface area contributed by atoms with E-state index in [9.17, 15) is 9.59 Å². The molecule has 0 fully saturated rings. The third kappa shape index (κ3) is 4.61. The minimum atomic E-state index is -0.211. The lowest BCUT2D eigenvalue weighted by molar-refractivity contribution is -0.121. The topological polar surface area (TPSA) is 77.1 Å². The van der Waals surface area contributed by atoms with Crippen molar-refractivity contribution < 1.29 is 9.21 Å². The third-order valence-electron chi connectivity index (χ3n) is 3.85. The molecule has 2 aromatic heterocycles. The molecule has 3 rings (SSSR count). The third-order valence-corrected chi connectivity index (χ3v) is 4.22. The van der Waals surface area contributed by atoms with Crippen LogP contribution in [0, 0.1) is 0 Å². The van der Waals surface area contributed by atoms with E-state index in [1.54, 1.807) is 30.5 Å². The van der Waals surface area contributed by atoms with Crippen molar-refractivity contribution in [3.8, 4) is 11.5 Å². The zero-order chi connectivity index (χ0) is 18.4. The summed E-state index contributed by atoms with van der Waals surface area (Å²) in [4.78, 5) is 23.9. The van der Waals surface area contributed by atoms with Gasteiger partial charge >= 0.3 is 0 Å². The SMILES string of the molecule is O=C(CCCn1nc(-c2ccco2)ccc1=O)NCc1ccccc1Cl. The molecule has 0 bridgehead atoms. The summed E-state index contributed by atoms with van der Waals surface area (Å²) < 4.78 is 6.63. The molecule has 0 atom stereocenters. The maximum atomic E-state index is 12.0. The average Bonchev–Trinajstić information content (AvgIpc) is 3.17. The van der Waals surface area contributed by atoms with E-state index < -0.39 is 0 Å². The Balaban J connectivity index is 1.51. The lowest BCUT2D eigenvalue weighted by atomic mass is 10.2. The van der Waals surface area contributed by atoms with Crippen LogP contribution in [0.5, 0.6) is 0 Å². The number of aryl methyl sites for hydroxylation is 1. The standard InChI is InChI=1S/C19H18ClN3O3/c20-15-6-2-1-5-14(15)13-21-18(24)8-3-11-23-19(25)10-9-16(22-23)17-7-4-12-26-17/h1-2,4-7,9-10,12H,3,8,11,13H2,(H,21,24). The summed E-state index contributed by atoms with van der Waals surface area (Å²) in [5, 5.41) is 7.73. The molecule has 1 aromatic carbocycles. The predicted molar refractivity (Wildman–Crippen MR) is 98.7 cm³/mol. The fourth-order valence-electron chi connectivity index (χ4n) is 2.48. The molecule has 6 nitrogen and oxygen atoms in total. The summed E-state index contributed by atoms with van der Waals surface area (Å²) >= 11 is 6.06. The van der Waals surface area contributed by atoms with E-state index in [1.165, 1.54) is 10.7 Å². The highest BCUT2D eigenvalue weighted by atomic mass is 35.5. The summed E-state index contributed by atoms with van der Waals surface area (Å²) in [6.45, 7) is 0.734. The number of halogens is 1. The van der Waals surface area contributed by atoms with Crippen LogP contribution < -0.4 is 10.9 Å². The van der Waals surface area contributed by atoms with Gasteiger partial charge in [0.25, 0.3) is 5.56 Å². The van der Waals surface area contributed by atoms with E-state index in [0.717, 1.165) is 5.56 Å². The minimum absolute atomic E-state index is 0.0971. The summed E-state index contributed by atoms with van der Waals surface area (Å²) in [5.74, 6) is 0.497. The maximum absolute atomic E-state index is 12.0. The van der Waals surface area contributed by atoms with Gasteiger partial charge in [-0.1, -0.05) is 29.8 Å². The Kier molecular flexibility index (Phi) is 5.86. The molecule has 3 aromatic rings. The number of nitrogens with zero attached hydrogens (tertiary/aromatic N) is 2. The van der Waals surface area contributed by atoms with Gasteiger partial charge in [0.1, 0.15) is 5.69 Å². The molecule has 7 heteroatoms. The van der Waals surface area contributed by atoms with Crippen LogP contribution in [0.25, 0.3) is 11.5 Å². The number of aromatic nitrogens is 2. The van der Waals surface area contributed by atoms with E-state index in [4.69, 9.17) is 16.0 Å². The van der Waals surface area contributed by atoms with Gasteiger partial charge in [-0.25, -0.2) is 4.68 Å². The second-order valence-corrected chi connectivity index (χ2v) is 6.14. The van der Waals surface area contributed by atoms with E-state index in [2.05, 4.69) is 10.4 Å². The molecule has 0 aliphatic carbocycles. The van der Waals surface area contributed by atoms with Gasteiger partial charge in [0.05, 0.1) is 6.26 Å². The number of hydrogen-bond donors (Lipinski definition) is 1. The van der Waals surface area contributed by atoms with Crippen LogP contribution in [0.3, 0.4) is 0 Å². The van der Waals surface area contributed by atoms with Crippen LogP contribution in [-0.4, -0.2) is 15.7 Å². The Morgan fingerprint density at radius 3 is 2.77 bits per heavy atom. The van der Waals surface area contributed by atoms with Gasteiger partial charge in [-0.3, -0.25) is 9.59 Å². The first-order valence-corrected chi connectivity index (χ1v) is 8.63. The highest BCUT2D eigenvalue weighted by Gasteiger charge is 2.07. The zero-order valence-corrected chi connectivity index (χ0v) is 14.8. The Bertz CT molecular complexity index is 935. The van der Waals surface area contributed by atoms with E-state index in [1.807, 2.05) is 18.2 Å². The first-order chi connectivity index (χ1) is 12.6. The van der Waals surface area contributed by atoms with Crippen molar-refractivity contribution >= 4 is 17.5 Å². The van der Waals surface area contributed by atoms with Crippen molar-refractivity contribution in [2.45, 2.75) is 25.9 Å².